The number of hydrogen-bond donors (Lipinski definition) is 0. The van der Waals surface area contributed by atoms with Gasteiger partial charge in [0.2, 0.25) is 26.9 Å². The molecule has 0 saturated heterocycles. The second-order valence-corrected chi connectivity index (χ2v) is 36.4. The molecule has 0 unspecified atom stereocenters. The van der Waals surface area contributed by atoms with Crippen molar-refractivity contribution >= 4 is 203 Å². The van der Waals surface area contributed by atoms with Crippen molar-refractivity contribution in [3.8, 4) is 111 Å². The highest BCUT2D eigenvalue weighted by molar-refractivity contribution is 7.06. The van der Waals surface area contributed by atoms with E-state index in [0.717, 1.165) is 0 Å². The molecule has 0 bridgehead atoms. The Morgan fingerprint density at radius 3 is 1.04 bits per heavy atom. The van der Waals surface area contributed by atoms with E-state index in [1.807, 2.05) is 0 Å². The molecule has 4 aromatic heterocycles. The molecule has 0 spiro atoms. The molecular weight excluding hydrogens is 1540 g/mol. The van der Waals surface area contributed by atoms with Crippen molar-refractivity contribution < 1.29 is 0 Å². The fourth-order valence-electron chi connectivity index (χ4n) is 26.1. The first kappa shape index (κ1) is 68.3. The van der Waals surface area contributed by atoms with Crippen molar-refractivity contribution in [1.29, 1.82) is 0 Å². The molecule has 0 radical (unpaired) electrons. The lowest BCUT2D eigenvalue weighted by molar-refractivity contribution is 1.30. The third-order valence-corrected chi connectivity index (χ3v) is 30.7. The minimum absolute atomic E-state index is 0.299. The van der Waals surface area contributed by atoms with E-state index in [1.165, 1.54) is 287 Å². The van der Waals surface area contributed by atoms with E-state index < -0.39 is 0 Å². The Bertz CT molecular complexity index is 8960. The van der Waals surface area contributed by atoms with Crippen LogP contribution in [-0.2, 0) is 0 Å². The standard InChI is InChI=1S/2C30H16BN.2C30H18BN/c1-2-8-17(9-3-1)22-16-23-18-10-4-5-14-24(18)31-25-15-7-12-20-19-11-6-13-21-26(22)30(27(23)31)32(28(19)21)29(20)25;1-2-8-17(9-3-1)22-16-23-20-12-6-11-18-19-13-7-15-25-29(19)32(28(18)20)30(23)27-26(22)21-10-4-5-14-24(21)31(25)27;1-2-8-19(9-3-1)20-10-4-11-21(18-20)32-26-16-6-14-24-22-12-5-13-23-25-15-7-17-27(32)30(25)31(28(22)23)29(24)26;1-2-7-19(8-3-1)20-15-17-21(18-16-20)32-26-13-5-11-24-22-9-4-10-23-25-12-6-14-27(32)30(25)31(28(22)23)29(24)26/h2*1-16H;2*1-18H. The van der Waals surface area contributed by atoms with Crippen LogP contribution < -0.4 is 75.4 Å². The summed E-state index contributed by atoms with van der Waals surface area (Å²) in [5, 5.41) is 11.0. The Kier molecular flexibility index (Phi) is 13.3. The van der Waals surface area contributed by atoms with Gasteiger partial charge in [0, 0.05) is 88.2 Å². The van der Waals surface area contributed by atoms with E-state index >= 15 is 0 Å². The normalized spacial score (nSPS) is 13.5. The van der Waals surface area contributed by atoms with Crippen molar-refractivity contribution in [1.82, 2.24) is 8.80 Å². The first-order valence-electron chi connectivity index (χ1n) is 45.2. The molecule has 0 fully saturated rings. The summed E-state index contributed by atoms with van der Waals surface area (Å²) >= 11 is 0. The van der Waals surface area contributed by atoms with Crippen LogP contribution in [0.5, 0.6) is 0 Å². The zero-order valence-electron chi connectivity index (χ0n) is 69.4. The Morgan fingerprint density at radius 2 is 0.508 bits per heavy atom. The maximum Gasteiger partial charge on any atom is 0.249 e. The van der Waals surface area contributed by atoms with E-state index in [-0.39, 0.29) is 0 Å². The van der Waals surface area contributed by atoms with Gasteiger partial charge in [-0.1, -0.05) is 374 Å². The Balaban J connectivity index is 0.0000000813. The lowest BCUT2D eigenvalue weighted by atomic mass is 9.37. The van der Waals surface area contributed by atoms with Crippen LogP contribution in [0, 0.1) is 0 Å². The van der Waals surface area contributed by atoms with Crippen LogP contribution in [-0.4, -0.2) is 35.7 Å². The average molecular weight is 1610 g/mol. The van der Waals surface area contributed by atoms with Gasteiger partial charge in [-0.15, -0.1) is 0 Å². The number of aromatic nitrogens is 2. The van der Waals surface area contributed by atoms with E-state index in [0.29, 0.717) is 26.9 Å². The summed E-state index contributed by atoms with van der Waals surface area (Å²) in [6.45, 7) is 1.35. The molecule has 580 valence electrons. The summed E-state index contributed by atoms with van der Waals surface area (Å²) in [4.78, 5) is 4.95. The molecule has 0 aliphatic carbocycles. The number of hydrogen-bond acceptors (Lipinski definition) is 2. The van der Waals surface area contributed by atoms with Crippen LogP contribution in [0.25, 0.3) is 187 Å². The predicted molar refractivity (Wildman–Crippen MR) is 545 cm³/mol. The highest BCUT2D eigenvalue weighted by atomic mass is 15.2. The third-order valence-electron chi connectivity index (χ3n) is 30.7. The van der Waals surface area contributed by atoms with Crippen LogP contribution in [0.4, 0.5) is 34.1 Å². The predicted octanol–water partition coefficient (Wildman–Crippen LogP) is 21.9. The van der Waals surface area contributed by atoms with Crippen molar-refractivity contribution in [3.63, 3.8) is 0 Å². The lowest BCUT2D eigenvalue weighted by Gasteiger charge is -2.35. The second-order valence-electron chi connectivity index (χ2n) is 36.4. The SMILES string of the molecule is c1ccc(-c2cc3c4c5c2c2cccc6c7cccc(c7n5c62)B4c2ccccc2-3)cc1.c1ccc(-c2cc3c4cccc5c6cccc7c6n(c3c3c2-c2ccccc2B73)c54)cc1.c1ccc(-c2ccc(N3c4cccc5c4B4c6c-5cccc6-c5cccc3c54)cc2)cc1.c1ccc(-c2cccc(N3c4cccc5c4B4c6c-5cccc6-c5cccc3c54)c2)cc1. The van der Waals surface area contributed by atoms with Crippen molar-refractivity contribution in [2.45, 2.75) is 0 Å². The fraction of sp³-hybridized carbons (Fsp3) is 0. The zero-order valence-corrected chi connectivity index (χ0v) is 69.4. The smallest absolute Gasteiger partial charge is 0.249 e. The van der Waals surface area contributed by atoms with Crippen molar-refractivity contribution in [3.05, 3.63) is 413 Å². The van der Waals surface area contributed by atoms with E-state index in [4.69, 9.17) is 0 Å². The van der Waals surface area contributed by atoms with E-state index in [2.05, 4.69) is 431 Å². The molecule has 0 atom stereocenters. The largest absolute Gasteiger partial charge is 0.311 e. The van der Waals surface area contributed by atoms with E-state index in [9.17, 15) is 0 Å². The van der Waals surface area contributed by atoms with Gasteiger partial charge in [0.05, 0.1) is 22.1 Å². The minimum atomic E-state index is 0.299. The number of benzene rings is 20. The Hall–Kier alpha value is -16.1. The minimum Gasteiger partial charge on any atom is -0.311 e. The molecule has 10 aliphatic rings. The molecule has 20 aromatic carbocycles. The van der Waals surface area contributed by atoms with Gasteiger partial charge in [0.15, 0.2) is 0 Å². The summed E-state index contributed by atoms with van der Waals surface area (Å²) in [7, 11) is 0. The highest BCUT2D eigenvalue weighted by Gasteiger charge is 2.52. The van der Waals surface area contributed by atoms with Crippen LogP contribution in [0.2, 0.25) is 0 Å². The zero-order chi connectivity index (χ0) is 82.7. The first-order chi connectivity index (χ1) is 63.6. The summed E-state index contributed by atoms with van der Waals surface area (Å²) in [6, 6.07) is 153. The molecule has 0 amide bonds. The van der Waals surface area contributed by atoms with Gasteiger partial charge < -0.3 is 18.6 Å². The number of nitrogens with zero attached hydrogens (tertiary/aromatic N) is 4. The van der Waals surface area contributed by atoms with Crippen LogP contribution >= 0.6 is 0 Å². The fourth-order valence-corrected chi connectivity index (χ4v) is 26.1. The number of rotatable bonds is 6. The molecule has 24 aromatic rings. The molecular formula is C120H68B4N4. The molecule has 128 heavy (non-hydrogen) atoms. The molecule has 34 rings (SSSR count). The van der Waals surface area contributed by atoms with Crippen LogP contribution in [0.1, 0.15) is 0 Å². The molecule has 10 aliphatic heterocycles. The second kappa shape index (κ2) is 24.9. The van der Waals surface area contributed by atoms with Gasteiger partial charge in [-0.05, 0) is 216 Å². The summed E-state index contributed by atoms with van der Waals surface area (Å²) in [5.74, 6) is 0. The summed E-state index contributed by atoms with van der Waals surface area (Å²) in [6.07, 6.45) is 0. The van der Waals surface area contributed by atoms with Gasteiger partial charge >= 0.3 is 0 Å². The third kappa shape index (κ3) is 8.57. The van der Waals surface area contributed by atoms with Crippen LogP contribution in [0.3, 0.4) is 0 Å². The molecule has 8 heteroatoms. The average Bonchev–Trinajstić information content (AvgIpc) is 1.50. The maximum absolute atomic E-state index is 2.60. The van der Waals surface area contributed by atoms with Gasteiger partial charge in [-0.2, -0.15) is 0 Å². The van der Waals surface area contributed by atoms with Crippen LogP contribution in [0.15, 0.2) is 413 Å². The van der Waals surface area contributed by atoms with E-state index in [1.54, 1.807) is 0 Å². The molecule has 4 nitrogen and oxygen atoms in total. The van der Waals surface area contributed by atoms with Crippen molar-refractivity contribution in [2.24, 2.45) is 0 Å². The Morgan fingerprint density at radius 1 is 0.156 bits per heavy atom. The topological polar surface area (TPSA) is 15.3 Å². The number of para-hydroxylation sites is 4. The highest BCUT2D eigenvalue weighted by Crippen LogP contribution is 2.53. The first-order valence-corrected chi connectivity index (χ1v) is 45.2. The monoisotopic (exact) mass is 1610 g/mol. The molecule has 0 N–H and O–H groups in total. The Labute approximate surface area is 739 Å². The lowest BCUT2D eigenvalue weighted by Crippen LogP contribution is -2.52. The van der Waals surface area contributed by atoms with Crippen molar-refractivity contribution in [2.75, 3.05) is 9.80 Å². The number of fused-ring (bicyclic) bond motifs is 16. The summed E-state index contributed by atoms with van der Waals surface area (Å²) < 4.78 is 5.18. The maximum atomic E-state index is 2.60. The molecule has 0 saturated carbocycles. The van der Waals surface area contributed by atoms with Gasteiger partial charge in [-0.25, -0.2) is 0 Å². The molecule has 14 heterocycles. The van der Waals surface area contributed by atoms with Gasteiger partial charge in [-0.3, -0.25) is 0 Å². The quantitative estimate of drug-likeness (QED) is 0.154. The van der Waals surface area contributed by atoms with Gasteiger partial charge in [0.1, 0.15) is 0 Å². The summed E-state index contributed by atoms with van der Waals surface area (Å²) in [5.41, 5.74) is 60.9. The van der Waals surface area contributed by atoms with Gasteiger partial charge in [0.25, 0.3) is 0 Å². The number of anilines is 6.